The molecular formula is C27H27N3O3. The molecule has 0 bridgehead atoms. The first-order valence-electron chi connectivity index (χ1n) is 11.2. The van der Waals surface area contributed by atoms with Gasteiger partial charge in [0.15, 0.2) is 11.5 Å². The number of esters is 1. The van der Waals surface area contributed by atoms with Crippen LogP contribution >= 0.6 is 0 Å². The summed E-state index contributed by atoms with van der Waals surface area (Å²) in [5, 5.41) is 6.79. The van der Waals surface area contributed by atoms with E-state index in [4.69, 9.17) is 9.47 Å². The van der Waals surface area contributed by atoms with E-state index in [0.29, 0.717) is 17.5 Å². The van der Waals surface area contributed by atoms with Crippen LogP contribution < -0.4 is 9.47 Å². The molecule has 5 rings (SSSR count). The fourth-order valence-corrected chi connectivity index (χ4v) is 4.76. The highest BCUT2D eigenvalue weighted by Crippen LogP contribution is 2.46. The molecule has 0 unspecified atom stereocenters. The van der Waals surface area contributed by atoms with Crippen molar-refractivity contribution in [1.82, 2.24) is 9.91 Å². The van der Waals surface area contributed by atoms with Crippen LogP contribution in [0.1, 0.15) is 29.7 Å². The molecule has 0 spiro atoms. The van der Waals surface area contributed by atoms with Crippen molar-refractivity contribution < 1.29 is 14.3 Å². The lowest BCUT2D eigenvalue weighted by atomic mass is 10.0. The van der Waals surface area contributed by atoms with Gasteiger partial charge in [-0.25, -0.2) is 0 Å². The Morgan fingerprint density at radius 3 is 2.15 bits per heavy atom. The first kappa shape index (κ1) is 21.2. The summed E-state index contributed by atoms with van der Waals surface area (Å²) in [5.41, 5.74) is 6.39. The Morgan fingerprint density at radius 2 is 1.55 bits per heavy atom. The van der Waals surface area contributed by atoms with E-state index < -0.39 is 0 Å². The molecule has 1 heterocycles. The summed E-state index contributed by atoms with van der Waals surface area (Å²) < 4.78 is 10.5. The third-order valence-corrected chi connectivity index (χ3v) is 6.27. The minimum atomic E-state index is -0.375. The maximum absolute atomic E-state index is 11.2. The van der Waals surface area contributed by atoms with Crippen LogP contribution in [0.3, 0.4) is 0 Å². The molecule has 33 heavy (non-hydrogen) atoms. The predicted octanol–water partition coefficient (Wildman–Crippen LogP) is 4.34. The quantitative estimate of drug-likeness (QED) is 0.335. The van der Waals surface area contributed by atoms with Crippen LogP contribution in [-0.2, 0) is 4.79 Å². The van der Waals surface area contributed by atoms with Crippen LogP contribution in [0.5, 0.6) is 11.5 Å². The molecule has 0 atom stereocenters. The van der Waals surface area contributed by atoms with Gasteiger partial charge in [-0.1, -0.05) is 48.5 Å². The Kier molecular flexibility index (Phi) is 5.84. The highest BCUT2D eigenvalue weighted by Gasteiger charge is 2.33. The second kappa shape index (κ2) is 9.08. The molecular weight excluding hydrogens is 414 g/mol. The highest BCUT2D eigenvalue weighted by molar-refractivity contribution is 5.81. The fraction of sp³-hybridized carbons (Fsp3) is 0.259. The van der Waals surface area contributed by atoms with Crippen LogP contribution in [0.2, 0.25) is 0 Å². The van der Waals surface area contributed by atoms with E-state index in [0.717, 1.165) is 31.7 Å². The van der Waals surface area contributed by atoms with Gasteiger partial charge >= 0.3 is 5.97 Å². The van der Waals surface area contributed by atoms with Crippen LogP contribution in [0, 0.1) is 0 Å². The molecule has 2 aliphatic rings. The normalized spacial score (nSPS) is 16.0. The van der Waals surface area contributed by atoms with Gasteiger partial charge < -0.3 is 9.47 Å². The number of benzene rings is 3. The third-order valence-electron chi connectivity index (χ3n) is 6.27. The van der Waals surface area contributed by atoms with E-state index in [1.165, 1.54) is 29.2 Å². The van der Waals surface area contributed by atoms with Crippen molar-refractivity contribution >= 4 is 12.2 Å². The third kappa shape index (κ3) is 4.22. The first-order valence-corrected chi connectivity index (χ1v) is 11.2. The molecule has 1 saturated heterocycles. The van der Waals surface area contributed by atoms with E-state index in [-0.39, 0.29) is 5.97 Å². The van der Waals surface area contributed by atoms with Gasteiger partial charge in [-0.15, -0.1) is 0 Å². The maximum atomic E-state index is 11.2. The smallest absolute Gasteiger partial charge is 0.308 e. The number of carbonyl (C=O) groups is 1. The monoisotopic (exact) mass is 441 g/mol. The molecule has 0 amide bonds. The van der Waals surface area contributed by atoms with E-state index in [1.54, 1.807) is 13.2 Å². The number of rotatable bonds is 5. The molecule has 0 saturated carbocycles. The van der Waals surface area contributed by atoms with Crippen molar-refractivity contribution in [2.24, 2.45) is 5.10 Å². The molecule has 1 fully saturated rings. The van der Waals surface area contributed by atoms with Gasteiger partial charge in [-0.3, -0.25) is 14.7 Å². The maximum Gasteiger partial charge on any atom is 0.308 e. The standard InChI is InChI=1S/C27H27N3O3/c1-19(31)33-25-12-11-20(17-26(25)32-2)18-28-30-15-13-29(14-16-30)27-23-9-5-3-7-21(23)22-8-4-6-10-24(22)27/h3-12,17-18,27H,13-16H2,1-2H3. The van der Waals surface area contributed by atoms with Crippen LogP contribution in [0.15, 0.2) is 71.8 Å². The molecule has 0 N–H and O–H groups in total. The van der Waals surface area contributed by atoms with E-state index in [9.17, 15) is 4.79 Å². The lowest BCUT2D eigenvalue weighted by molar-refractivity contribution is -0.132. The largest absolute Gasteiger partial charge is 0.493 e. The van der Waals surface area contributed by atoms with Gasteiger partial charge in [-0.05, 0) is 46.0 Å². The van der Waals surface area contributed by atoms with Gasteiger partial charge in [0, 0.05) is 33.1 Å². The first-order chi connectivity index (χ1) is 16.1. The molecule has 168 valence electrons. The topological polar surface area (TPSA) is 54.4 Å². The summed E-state index contributed by atoms with van der Waals surface area (Å²) in [6, 6.07) is 23.2. The van der Waals surface area contributed by atoms with Crippen molar-refractivity contribution in [2.75, 3.05) is 33.3 Å². The summed E-state index contributed by atoms with van der Waals surface area (Å²) >= 11 is 0. The van der Waals surface area contributed by atoms with E-state index >= 15 is 0 Å². The number of piperazine rings is 1. The van der Waals surface area contributed by atoms with Crippen LogP contribution in [0.25, 0.3) is 11.1 Å². The highest BCUT2D eigenvalue weighted by atomic mass is 16.6. The zero-order valence-corrected chi connectivity index (χ0v) is 18.9. The molecule has 3 aromatic carbocycles. The number of hydrogen-bond acceptors (Lipinski definition) is 6. The summed E-state index contributed by atoms with van der Waals surface area (Å²) in [7, 11) is 1.56. The number of hydrazone groups is 1. The van der Waals surface area contributed by atoms with Gasteiger partial charge in [0.1, 0.15) is 0 Å². The van der Waals surface area contributed by atoms with E-state index in [1.807, 2.05) is 18.3 Å². The average Bonchev–Trinajstić information content (AvgIpc) is 3.18. The lowest BCUT2D eigenvalue weighted by Gasteiger charge is -2.37. The summed E-state index contributed by atoms with van der Waals surface area (Å²) in [6.45, 7) is 4.98. The number of carbonyl (C=O) groups excluding carboxylic acids is 1. The Morgan fingerprint density at radius 1 is 0.909 bits per heavy atom. The Bertz CT molecular complexity index is 1150. The van der Waals surface area contributed by atoms with Crippen LogP contribution in [0.4, 0.5) is 0 Å². The zero-order chi connectivity index (χ0) is 22.8. The Labute approximate surface area is 194 Å². The molecule has 1 aliphatic carbocycles. The molecule has 0 aromatic heterocycles. The molecule has 0 radical (unpaired) electrons. The minimum absolute atomic E-state index is 0.307. The Hall–Kier alpha value is -3.64. The lowest BCUT2D eigenvalue weighted by Crippen LogP contribution is -2.45. The minimum Gasteiger partial charge on any atom is -0.493 e. The van der Waals surface area contributed by atoms with E-state index in [2.05, 4.69) is 63.5 Å². The van der Waals surface area contributed by atoms with Crippen LogP contribution in [-0.4, -0.2) is 55.4 Å². The number of nitrogens with zero attached hydrogens (tertiary/aromatic N) is 3. The molecule has 6 heteroatoms. The number of hydrogen-bond donors (Lipinski definition) is 0. The zero-order valence-electron chi connectivity index (χ0n) is 18.9. The van der Waals surface area contributed by atoms with Crippen molar-refractivity contribution in [3.63, 3.8) is 0 Å². The van der Waals surface area contributed by atoms with Crippen molar-refractivity contribution in [1.29, 1.82) is 0 Å². The van der Waals surface area contributed by atoms with Gasteiger partial charge in [-0.2, -0.15) is 5.10 Å². The second-order valence-electron chi connectivity index (χ2n) is 8.32. The second-order valence-corrected chi connectivity index (χ2v) is 8.32. The predicted molar refractivity (Wildman–Crippen MR) is 129 cm³/mol. The SMILES string of the molecule is COc1cc(C=NN2CCN(C3c4ccccc4-c4ccccc43)CC2)ccc1OC(C)=O. The fourth-order valence-electron chi connectivity index (χ4n) is 4.76. The van der Waals surface area contributed by atoms with Crippen molar-refractivity contribution in [3.8, 4) is 22.6 Å². The summed E-state index contributed by atoms with van der Waals surface area (Å²) in [5.74, 6) is 0.547. The number of ether oxygens (including phenoxy) is 2. The Balaban J connectivity index is 1.27. The van der Waals surface area contributed by atoms with Gasteiger partial charge in [0.25, 0.3) is 0 Å². The molecule has 6 nitrogen and oxygen atoms in total. The molecule has 3 aromatic rings. The summed E-state index contributed by atoms with van der Waals surface area (Å²) in [6.07, 6.45) is 1.83. The summed E-state index contributed by atoms with van der Waals surface area (Å²) in [4.78, 5) is 13.8. The number of methoxy groups -OCH3 is 1. The van der Waals surface area contributed by atoms with Gasteiger partial charge in [0.2, 0.25) is 0 Å². The number of fused-ring (bicyclic) bond motifs is 3. The molecule has 1 aliphatic heterocycles. The van der Waals surface area contributed by atoms with Gasteiger partial charge in [0.05, 0.1) is 19.4 Å². The average molecular weight is 442 g/mol. The van der Waals surface area contributed by atoms with Crippen molar-refractivity contribution in [3.05, 3.63) is 83.4 Å². The van der Waals surface area contributed by atoms with Crippen molar-refractivity contribution in [2.45, 2.75) is 13.0 Å².